The Morgan fingerprint density at radius 2 is 1.41 bits per heavy atom. The number of amides is 2. The third kappa shape index (κ3) is 27.1. The van der Waals surface area contributed by atoms with E-state index in [0.29, 0.717) is 12.5 Å². The lowest BCUT2D eigenvalue weighted by Gasteiger charge is -2.23. The largest absolute Gasteiger partial charge is 0.490 e. The fourth-order valence-corrected chi connectivity index (χ4v) is 3.45. The summed E-state index contributed by atoms with van der Waals surface area (Å²) < 4.78 is 63.5. The lowest BCUT2D eigenvalue weighted by molar-refractivity contribution is -0.193. The van der Waals surface area contributed by atoms with Gasteiger partial charge in [0.1, 0.15) is 0 Å². The third-order valence-electron chi connectivity index (χ3n) is 5.71. The number of rotatable bonds is 11. The molecule has 0 aromatic rings. The molecule has 0 aromatic carbocycles. The Morgan fingerprint density at radius 1 is 0.932 bits per heavy atom. The highest BCUT2D eigenvalue weighted by atomic mass is 19.4. The Kier molecular flexibility index (Phi) is 23.8. The number of carbonyl (C=O) groups excluding carboxylic acids is 1. The van der Waals surface area contributed by atoms with Crippen LogP contribution in [0.1, 0.15) is 77.0 Å². The molecule has 256 valence electrons. The smallest absolute Gasteiger partial charge is 0.475 e. The van der Waals surface area contributed by atoms with Crippen LogP contribution in [0.25, 0.3) is 0 Å². The molecule has 8 N–H and O–H groups in total. The molecular formula is C26H45F6N7O5. The molecule has 1 saturated heterocycles. The van der Waals surface area contributed by atoms with Crippen LogP contribution in [0.3, 0.4) is 0 Å². The molecule has 1 rings (SSSR count). The molecule has 18 heteroatoms. The molecule has 0 bridgehead atoms. The van der Waals surface area contributed by atoms with E-state index in [1.165, 1.54) is 38.5 Å². The minimum Gasteiger partial charge on any atom is -0.475 e. The quantitative estimate of drug-likeness (QED) is 0.0556. The summed E-state index contributed by atoms with van der Waals surface area (Å²) in [5.41, 5.74) is 5.73. The van der Waals surface area contributed by atoms with Crippen LogP contribution in [-0.4, -0.2) is 90.1 Å². The van der Waals surface area contributed by atoms with Gasteiger partial charge in [-0.15, -0.1) is 6.58 Å². The van der Waals surface area contributed by atoms with Crippen molar-refractivity contribution in [1.82, 2.24) is 20.9 Å². The van der Waals surface area contributed by atoms with Crippen LogP contribution < -0.4 is 21.7 Å². The highest BCUT2D eigenvalue weighted by molar-refractivity contribution is 5.94. The summed E-state index contributed by atoms with van der Waals surface area (Å²) in [5, 5.41) is 30.8. The van der Waals surface area contributed by atoms with E-state index in [9.17, 15) is 31.1 Å². The fourth-order valence-electron chi connectivity index (χ4n) is 3.45. The van der Waals surface area contributed by atoms with Crippen molar-refractivity contribution in [3.63, 3.8) is 0 Å². The zero-order chi connectivity index (χ0) is 34.0. The number of alkyl halides is 6. The lowest BCUT2D eigenvalue weighted by Crippen LogP contribution is -2.48. The summed E-state index contributed by atoms with van der Waals surface area (Å²) >= 11 is 0. The van der Waals surface area contributed by atoms with Gasteiger partial charge in [0.2, 0.25) is 0 Å². The SMILES string of the molecule is C=CCNC(N)=NCCCCCCCCN1CCCCCCCCNC(=N)NC1=O.O=C(O)C(F)(F)F.O=C(O)C(F)(F)F. The van der Waals surface area contributed by atoms with Crippen molar-refractivity contribution in [2.75, 3.05) is 32.7 Å². The second-order valence-corrected chi connectivity index (χ2v) is 9.50. The van der Waals surface area contributed by atoms with Crippen LogP contribution in [-0.2, 0) is 9.59 Å². The maximum Gasteiger partial charge on any atom is 0.490 e. The van der Waals surface area contributed by atoms with Crippen molar-refractivity contribution in [3.8, 4) is 0 Å². The van der Waals surface area contributed by atoms with Crippen LogP contribution in [0.5, 0.6) is 0 Å². The number of hydrogen-bond donors (Lipinski definition) is 7. The summed E-state index contributed by atoms with van der Waals surface area (Å²) in [5.74, 6) is -4.91. The van der Waals surface area contributed by atoms with Gasteiger partial charge in [-0.25, -0.2) is 14.4 Å². The molecular weight excluding hydrogens is 604 g/mol. The highest BCUT2D eigenvalue weighted by Gasteiger charge is 2.38. The number of nitrogens with zero attached hydrogens (tertiary/aromatic N) is 2. The Balaban J connectivity index is 0. The van der Waals surface area contributed by atoms with Crippen LogP contribution in [0, 0.1) is 5.41 Å². The second-order valence-electron chi connectivity index (χ2n) is 9.50. The number of carbonyl (C=O) groups is 3. The number of nitrogens with two attached hydrogens (primary N) is 1. The molecule has 0 aromatic heterocycles. The molecule has 12 nitrogen and oxygen atoms in total. The highest BCUT2D eigenvalue weighted by Crippen LogP contribution is 2.14. The van der Waals surface area contributed by atoms with Gasteiger partial charge in [-0.2, -0.15) is 26.3 Å². The average molecular weight is 650 g/mol. The molecule has 0 saturated carbocycles. The van der Waals surface area contributed by atoms with Crippen LogP contribution in [0.4, 0.5) is 31.1 Å². The zero-order valence-electron chi connectivity index (χ0n) is 24.7. The molecule has 0 aliphatic carbocycles. The number of hydrogen-bond acceptors (Lipinski definition) is 5. The molecule has 44 heavy (non-hydrogen) atoms. The van der Waals surface area contributed by atoms with Gasteiger partial charge >= 0.3 is 30.3 Å². The number of aliphatic imine (C=N–C) groups is 1. The second kappa shape index (κ2) is 24.7. The van der Waals surface area contributed by atoms with Gasteiger partial charge in [0.05, 0.1) is 0 Å². The Morgan fingerprint density at radius 3 is 1.93 bits per heavy atom. The standard InChI is InChI=1S/C22H43N7O.2C2HF3O2/c1-2-15-25-20(23)26-16-11-7-3-5-9-13-18-29-19-14-10-6-4-8-12-17-27-21(24)28-22(29)30;2*3-2(4,5)1(6)7/h2H,1,3-19H2,(H3,23,25,26)(H3,24,27,28,30);2*(H,6,7). The molecule has 0 radical (unpaired) electrons. The number of carboxylic acids is 2. The first-order chi connectivity index (χ1) is 20.5. The molecule has 0 unspecified atom stereocenters. The monoisotopic (exact) mass is 649 g/mol. The van der Waals surface area contributed by atoms with Gasteiger partial charge in [0.15, 0.2) is 11.9 Å². The summed E-state index contributed by atoms with van der Waals surface area (Å²) in [6, 6.07) is -0.146. The van der Waals surface area contributed by atoms with Gasteiger partial charge < -0.3 is 31.5 Å². The van der Waals surface area contributed by atoms with Crippen molar-refractivity contribution in [2.45, 2.75) is 89.4 Å². The van der Waals surface area contributed by atoms with Crippen molar-refractivity contribution in [2.24, 2.45) is 10.7 Å². The topological polar surface area (TPSA) is 193 Å². The normalized spacial score (nSPS) is 15.3. The van der Waals surface area contributed by atoms with Crippen molar-refractivity contribution in [3.05, 3.63) is 12.7 Å². The molecule has 1 heterocycles. The maximum atomic E-state index is 12.5. The third-order valence-corrected chi connectivity index (χ3v) is 5.71. The predicted octanol–water partition coefficient (Wildman–Crippen LogP) is 4.57. The van der Waals surface area contributed by atoms with Crippen molar-refractivity contribution in [1.29, 1.82) is 5.41 Å². The van der Waals surface area contributed by atoms with E-state index in [0.717, 1.165) is 64.7 Å². The molecule has 1 aliphatic heterocycles. The van der Waals surface area contributed by atoms with E-state index in [1.54, 1.807) is 6.08 Å². The van der Waals surface area contributed by atoms with E-state index in [2.05, 4.69) is 27.5 Å². The molecule has 2 amide bonds. The van der Waals surface area contributed by atoms with Crippen LogP contribution in [0.15, 0.2) is 17.6 Å². The van der Waals surface area contributed by atoms with Crippen LogP contribution in [0.2, 0.25) is 0 Å². The average Bonchev–Trinajstić information content (AvgIpc) is 2.93. The number of guanidine groups is 2. The minimum absolute atomic E-state index is 0.118. The lowest BCUT2D eigenvalue weighted by atomic mass is 10.1. The Labute approximate surface area is 253 Å². The number of aliphatic carboxylic acids is 2. The fraction of sp³-hybridized carbons (Fsp3) is 0.731. The van der Waals surface area contributed by atoms with Gasteiger partial charge in [-0.05, 0) is 25.7 Å². The number of nitrogens with one attached hydrogen (secondary N) is 4. The van der Waals surface area contributed by atoms with E-state index in [-0.39, 0.29) is 12.0 Å². The minimum atomic E-state index is -5.08. The number of carboxylic acid groups (broad SMARTS) is 2. The van der Waals surface area contributed by atoms with Gasteiger partial charge in [0.25, 0.3) is 0 Å². The van der Waals surface area contributed by atoms with Crippen molar-refractivity contribution < 1.29 is 50.9 Å². The van der Waals surface area contributed by atoms with Gasteiger partial charge in [-0.3, -0.25) is 15.7 Å². The van der Waals surface area contributed by atoms with Gasteiger partial charge in [0, 0.05) is 32.7 Å². The van der Waals surface area contributed by atoms with Crippen LogP contribution >= 0.6 is 0 Å². The first-order valence-electron chi connectivity index (χ1n) is 14.2. The number of urea groups is 1. The summed E-state index contributed by atoms with van der Waals surface area (Å²) in [7, 11) is 0. The Hall–Kier alpha value is -3.73. The summed E-state index contributed by atoms with van der Waals surface area (Å²) in [4.78, 5) is 36.4. The predicted molar refractivity (Wildman–Crippen MR) is 153 cm³/mol. The van der Waals surface area contributed by atoms with E-state index in [4.69, 9.17) is 30.9 Å². The molecule has 1 aliphatic rings. The number of halogens is 6. The zero-order valence-corrected chi connectivity index (χ0v) is 24.7. The Bertz CT molecular complexity index is 862. The van der Waals surface area contributed by atoms with E-state index >= 15 is 0 Å². The molecule has 0 spiro atoms. The summed E-state index contributed by atoms with van der Waals surface area (Å²) in [6.45, 7) is 7.31. The molecule has 0 atom stereocenters. The van der Waals surface area contributed by atoms with Crippen molar-refractivity contribution >= 4 is 29.9 Å². The first-order valence-corrected chi connectivity index (χ1v) is 14.2. The van der Waals surface area contributed by atoms with E-state index in [1.807, 2.05) is 4.90 Å². The summed E-state index contributed by atoms with van der Waals surface area (Å²) in [6.07, 6.45) is 5.15. The first kappa shape index (κ1) is 42.4. The number of unbranched alkanes of at least 4 members (excludes halogenated alkanes) is 5. The van der Waals surface area contributed by atoms with E-state index < -0.39 is 24.3 Å². The molecule has 1 fully saturated rings. The van der Waals surface area contributed by atoms with Gasteiger partial charge in [-0.1, -0.05) is 57.4 Å². The maximum absolute atomic E-state index is 12.5.